The Morgan fingerprint density at radius 3 is 1.81 bits per heavy atom. The number of sulfone groups is 1. The molecule has 1 saturated carbocycles. The lowest BCUT2D eigenvalue weighted by Gasteiger charge is -2.36. The van der Waals surface area contributed by atoms with Crippen molar-refractivity contribution < 1.29 is 53.8 Å². The molecule has 2 fully saturated rings. The first-order valence-electron chi connectivity index (χ1n) is 11.3. The largest absolute Gasteiger partial charge is 0.490 e. The third kappa shape index (κ3) is 7.89. The van der Waals surface area contributed by atoms with Crippen LogP contribution in [-0.4, -0.2) is 75.5 Å². The standard InChI is InChI=1S/C22H27F6NO6S/c1-36(31,32)18-8-6-16(7-9-18)33-14-2-4-15(5-3-14)34-17-10-12-29(13-11-17)20(30)35-19(21(23,24)25)22(26,27)28/h6-9,14-15,17,19H,2-5,10-13H2,1H3. The zero-order valence-electron chi connectivity index (χ0n) is 19.3. The Morgan fingerprint density at radius 1 is 0.861 bits per heavy atom. The van der Waals surface area contributed by atoms with Gasteiger partial charge < -0.3 is 19.1 Å². The minimum Gasteiger partial charge on any atom is -0.490 e. The molecule has 1 saturated heterocycles. The molecular weight excluding hydrogens is 520 g/mol. The fraction of sp³-hybridized carbons (Fsp3) is 0.682. The van der Waals surface area contributed by atoms with Crippen molar-refractivity contribution in [3.05, 3.63) is 24.3 Å². The third-order valence-corrected chi connectivity index (χ3v) is 7.20. The Bertz CT molecular complexity index is 968. The minimum atomic E-state index is -5.75. The summed E-state index contributed by atoms with van der Waals surface area (Å²) in [6.45, 7) is -0.151. The van der Waals surface area contributed by atoms with Crippen LogP contribution in [0.15, 0.2) is 29.2 Å². The van der Waals surface area contributed by atoms with Crippen LogP contribution in [0.25, 0.3) is 0 Å². The Morgan fingerprint density at radius 2 is 1.33 bits per heavy atom. The number of hydrogen-bond donors (Lipinski definition) is 0. The van der Waals surface area contributed by atoms with Gasteiger partial charge in [0, 0.05) is 19.3 Å². The highest BCUT2D eigenvalue weighted by Gasteiger charge is 2.60. The van der Waals surface area contributed by atoms with Crippen LogP contribution in [0.2, 0.25) is 0 Å². The van der Waals surface area contributed by atoms with Gasteiger partial charge in [0.25, 0.3) is 6.10 Å². The molecule has 0 spiro atoms. The molecule has 7 nitrogen and oxygen atoms in total. The Labute approximate surface area is 204 Å². The molecule has 36 heavy (non-hydrogen) atoms. The summed E-state index contributed by atoms with van der Waals surface area (Å²) in [7, 11) is -3.29. The van der Waals surface area contributed by atoms with E-state index in [-0.39, 0.29) is 49.1 Å². The van der Waals surface area contributed by atoms with E-state index in [1.54, 1.807) is 12.1 Å². The highest BCUT2D eigenvalue weighted by atomic mass is 32.2. The molecule has 1 aromatic rings. The van der Waals surface area contributed by atoms with Crippen LogP contribution >= 0.6 is 0 Å². The molecule has 14 heteroatoms. The maximum Gasteiger partial charge on any atom is 0.434 e. The molecule has 0 aromatic heterocycles. The molecule has 1 amide bonds. The Hall–Kier alpha value is -2.22. The van der Waals surface area contributed by atoms with E-state index in [1.807, 2.05) is 0 Å². The number of amides is 1. The van der Waals surface area contributed by atoms with E-state index in [9.17, 15) is 39.6 Å². The van der Waals surface area contributed by atoms with E-state index in [0.717, 1.165) is 11.2 Å². The number of alkyl halides is 6. The molecule has 1 aliphatic carbocycles. The van der Waals surface area contributed by atoms with Gasteiger partial charge in [-0.2, -0.15) is 26.3 Å². The molecule has 0 unspecified atom stereocenters. The molecule has 3 rings (SSSR count). The van der Waals surface area contributed by atoms with Crippen molar-refractivity contribution in [3.63, 3.8) is 0 Å². The second-order valence-electron chi connectivity index (χ2n) is 8.93. The molecule has 0 atom stereocenters. The van der Waals surface area contributed by atoms with E-state index in [1.165, 1.54) is 12.1 Å². The van der Waals surface area contributed by atoms with E-state index in [0.29, 0.717) is 31.4 Å². The van der Waals surface area contributed by atoms with Gasteiger partial charge in [-0.25, -0.2) is 13.2 Å². The summed E-state index contributed by atoms with van der Waals surface area (Å²) in [5.74, 6) is 0.560. The first kappa shape index (κ1) is 28.4. The monoisotopic (exact) mass is 547 g/mol. The third-order valence-electron chi connectivity index (χ3n) is 6.07. The average Bonchev–Trinajstić information content (AvgIpc) is 2.77. The molecule has 0 radical (unpaired) electrons. The quantitative estimate of drug-likeness (QED) is 0.472. The van der Waals surface area contributed by atoms with Gasteiger partial charge in [-0.1, -0.05) is 0 Å². The SMILES string of the molecule is CS(=O)(=O)c1ccc(OC2CCC(OC3CCN(C(=O)OC(C(F)(F)F)C(F)(F)F)CC3)CC2)cc1. The van der Waals surface area contributed by atoms with Crippen molar-refractivity contribution in [3.8, 4) is 5.75 Å². The van der Waals surface area contributed by atoms with Gasteiger partial charge in [0.1, 0.15) is 5.75 Å². The molecule has 1 aliphatic heterocycles. The zero-order valence-corrected chi connectivity index (χ0v) is 20.2. The minimum absolute atomic E-state index is 0.0687. The fourth-order valence-corrected chi connectivity index (χ4v) is 4.82. The number of ether oxygens (including phenoxy) is 3. The summed E-state index contributed by atoms with van der Waals surface area (Å²) in [6.07, 6.45) is -13.3. The van der Waals surface area contributed by atoms with Gasteiger partial charge in [-0.3, -0.25) is 0 Å². The summed E-state index contributed by atoms with van der Waals surface area (Å²) < 4.78 is 114. The number of hydrogen-bond acceptors (Lipinski definition) is 6. The van der Waals surface area contributed by atoms with Crippen molar-refractivity contribution in [1.82, 2.24) is 4.90 Å². The van der Waals surface area contributed by atoms with Crippen molar-refractivity contribution in [2.45, 2.75) is 80.2 Å². The van der Waals surface area contributed by atoms with Crippen molar-refractivity contribution in [2.24, 2.45) is 0 Å². The molecule has 1 aromatic carbocycles. The number of halogens is 6. The van der Waals surface area contributed by atoms with Crippen LogP contribution < -0.4 is 4.74 Å². The van der Waals surface area contributed by atoms with E-state index in [2.05, 4.69) is 4.74 Å². The maximum absolute atomic E-state index is 12.6. The van der Waals surface area contributed by atoms with Gasteiger partial charge in [0.05, 0.1) is 23.2 Å². The zero-order chi connectivity index (χ0) is 26.7. The number of rotatable bonds is 6. The number of benzene rings is 1. The lowest BCUT2D eigenvalue weighted by molar-refractivity contribution is -0.308. The molecule has 2 aliphatic rings. The Kier molecular flexibility index (Phi) is 8.69. The second kappa shape index (κ2) is 11.0. The van der Waals surface area contributed by atoms with Crippen molar-refractivity contribution >= 4 is 15.9 Å². The van der Waals surface area contributed by atoms with E-state index in [4.69, 9.17) is 9.47 Å². The predicted molar refractivity (Wildman–Crippen MR) is 114 cm³/mol. The maximum atomic E-state index is 12.6. The van der Waals surface area contributed by atoms with Crippen molar-refractivity contribution in [2.75, 3.05) is 19.3 Å². The van der Waals surface area contributed by atoms with Gasteiger partial charge >= 0.3 is 18.4 Å². The number of carbonyl (C=O) groups excluding carboxylic acids is 1. The Balaban J connectivity index is 1.40. The van der Waals surface area contributed by atoms with Crippen LogP contribution in [0, 0.1) is 0 Å². The molecule has 0 N–H and O–H groups in total. The predicted octanol–water partition coefficient (Wildman–Crippen LogP) is 4.89. The molecule has 0 bridgehead atoms. The summed E-state index contributed by atoms with van der Waals surface area (Å²) in [5, 5.41) is 0. The number of nitrogens with zero attached hydrogens (tertiary/aromatic N) is 1. The van der Waals surface area contributed by atoms with Crippen LogP contribution in [-0.2, 0) is 19.3 Å². The number of carbonyl (C=O) groups is 1. The first-order valence-corrected chi connectivity index (χ1v) is 13.2. The number of likely N-dealkylation sites (tertiary alicyclic amines) is 1. The second-order valence-corrected chi connectivity index (χ2v) is 10.9. The lowest BCUT2D eigenvalue weighted by Crippen LogP contribution is -2.50. The fourth-order valence-electron chi connectivity index (χ4n) is 4.19. The van der Waals surface area contributed by atoms with Crippen LogP contribution in [0.1, 0.15) is 38.5 Å². The van der Waals surface area contributed by atoms with Gasteiger partial charge in [-0.05, 0) is 62.8 Å². The van der Waals surface area contributed by atoms with E-state index >= 15 is 0 Å². The van der Waals surface area contributed by atoms with Crippen LogP contribution in [0.4, 0.5) is 31.1 Å². The summed E-state index contributed by atoms with van der Waals surface area (Å²) in [5.41, 5.74) is 0. The van der Waals surface area contributed by atoms with Crippen LogP contribution in [0.3, 0.4) is 0 Å². The van der Waals surface area contributed by atoms with Gasteiger partial charge in [0.2, 0.25) is 0 Å². The van der Waals surface area contributed by atoms with Gasteiger partial charge in [0.15, 0.2) is 9.84 Å². The molecular formula is C22H27F6NO6S. The van der Waals surface area contributed by atoms with Crippen LogP contribution in [0.5, 0.6) is 5.75 Å². The average molecular weight is 548 g/mol. The topological polar surface area (TPSA) is 82.1 Å². The normalized spacial score (nSPS) is 22.5. The lowest BCUT2D eigenvalue weighted by atomic mass is 9.94. The smallest absolute Gasteiger partial charge is 0.434 e. The van der Waals surface area contributed by atoms with E-state index < -0.39 is 34.4 Å². The highest BCUT2D eigenvalue weighted by Crippen LogP contribution is 2.36. The highest BCUT2D eigenvalue weighted by molar-refractivity contribution is 7.90. The molecule has 204 valence electrons. The van der Waals surface area contributed by atoms with Gasteiger partial charge in [-0.15, -0.1) is 0 Å². The summed E-state index contributed by atoms with van der Waals surface area (Å²) in [6, 6.07) is 6.16. The first-order chi connectivity index (χ1) is 16.6. The summed E-state index contributed by atoms with van der Waals surface area (Å²) in [4.78, 5) is 12.9. The summed E-state index contributed by atoms with van der Waals surface area (Å²) >= 11 is 0. The molecule has 1 heterocycles. The number of piperidine rings is 1. The van der Waals surface area contributed by atoms with Crippen molar-refractivity contribution in [1.29, 1.82) is 0 Å².